The van der Waals surface area contributed by atoms with Crippen LogP contribution in [0.4, 0.5) is 0 Å². The summed E-state index contributed by atoms with van der Waals surface area (Å²) in [4.78, 5) is 0. The SMILES string of the molecule is CC[C@H]1[C@@H](O[C@]2(C)OC[C@H](C)CC2O)C[C@H]2[C@@H]3C[C@H](O)[C@H]4C[C@@H](O[C@@H]5OC(CO)[C@H](O[C@@H]6OC(CO)[C@@H](O)[C@H](O[C@@H]7OC[C@@H](O)[C@H](O)C7O)C6O[C@@H]6OC(CO)[C@@H](O)[C@H](O[C@@H]7OC(C)[C@H](O)C(O)[C@@H]7O)C6O)[C@H](O)C5O)CC[C@]4(C)[C@H]3CC[C@@]21C. The summed E-state index contributed by atoms with van der Waals surface area (Å²) < 4.78 is 73.0. The zero-order valence-electron chi connectivity index (χ0n) is 49.1. The molecule has 28 nitrogen and oxygen atoms in total. The lowest BCUT2D eigenvalue weighted by atomic mass is 9.44. The van der Waals surface area contributed by atoms with Crippen LogP contribution in [0.25, 0.3) is 0 Å². The standard InChI is InChI=1S/C57H96O28/c1-7-25-31(85-57(6)35(63)12-21(2)19-75-57)15-27-24-14-29(61)28-13-23(8-10-56(28,5)26(24)9-11-55(25,27)4)77-52-44(72)41(69)46(34(18-60)80-52)81-54-49(48(39(67)33(17-59)79-54)83-50-42(70)37(65)30(62)20-74-50)84-53-45(73)47(38(66)32(16-58)78-53)82-51-43(71)40(68)36(64)22(3)76-51/h21-54,58-73H,7-20H2,1-6H3/t21-,22?,23+,24-,25+,26+,27+,28-,29+,30-,31+,32?,33?,34?,35?,36+,37+,38-,39-,40?,41-,42?,43+,44?,45?,46+,47+,48+,49?,50+,51+,52-,53+,54+,55-,56-,57+/m1/s1. The minimum Gasteiger partial charge on any atom is -0.394 e. The molecule has 6 heterocycles. The van der Waals surface area contributed by atoms with Gasteiger partial charge in [0.15, 0.2) is 37.2 Å². The van der Waals surface area contributed by atoms with E-state index in [-0.39, 0.29) is 52.4 Å². The van der Waals surface area contributed by atoms with Gasteiger partial charge >= 0.3 is 0 Å². The first-order chi connectivity index (χ1) is 40.2. The lowest BCUT2D eigenvalue weighted by molar-refractivity contribution is -0.409. The molecule has 10 fully saturated rings. The van der Waals surface area contributed by atoms with Crippen molar-refractivity contribution in [3.05, 3.63) is 0 Å². The summed E-state index contributed by atoms with van der Waals surface area (Å²) in [6.07, 6.45) is -39.1. The highest BCUT2D eigenvalue weighted by atomic mass is 16.8. The minimum atomic E-state index is -2.14. The monoisotopic (exact) mass is 1230 g/mol. The summed E-state index contributed by atoms with van der Waals surface area (Å²) in [5.41, 5.74) is -0.320. The Bertz CT molecular complexity index is 2180. The van der Waals surface area contributed by atoms with E-state index in [1.807, 2.05) is 6.92 Å². The average molecular weight is 1230 g/mol. The second-order valence-electron chi connectivity index (χ2n) is 26.9. The van der Waals surface area contributed by atoms with Crippen LogP contribution in [-0.2, 0) is 56.8 Å². The summed E-state index contributed by atoms with van der Waals surface area (Å²) >= 11 is 0. The molecule has 10 aliphatic rings. The van der Waals surface area contributed by atoms with Gasteiger partial charge in [0.25, 0.3) is 0 Å². The smallest absolute Gasteiger partial charge is 0.191 e. The number of aliphatic hydroxyl groups excluding tert-OH is 16. The molecule has 28 heteroatoms. The first-order valence-electron chi connectivity index (χ1n) is 30.7. The second-order valence-corrected chi connectivity index (χ2v) is 26.9. The summed E-state index contributed by atoms with van der Waals surface area (Å²) in [5, 5.41) is 177. The molecule has 0 bridgehead atoms. The Balaban J connectivity index is 0.845. The van der Waals surface area contributed by atoms with Gasteiger partial charge in [0.2, 0.25) is 0 Å². The van der Waals surface area contributed by atoms with Crippen LogP contribution < -0.4 is 0 Å². The normalized spacial score (nSPS) is 56.7. The molecule has 10 rings (SSSR count). The van der Waals surface area contributed by atoms with Crippen LogP contribution in [0.1, 0.15) is 99.3 Å². The molecule has 85 heavy (non-hydrogen) atoms. The Kier molecular flexibility index (Phi) is 20.8. The van der Waals surface area contributed by atoms with E-state index in [0.717, 1.165) is 25.7 Å². The third-order valence-electron chi connectivity index (χ3n) is 21.8. The Morgan fingerprint density at radius 1 is 0.459 bits per heavy atom. The summed E-state index contributed by atoms with van der Waals surface area (Å²) in [7, 11) is 0. The molecule has 4 saturated carbocycles. The first kappa shape index (κ1) is 66.8. The van der Waals surface area contributed by atoms with Gasteiger partial charge in [-0.3, -0.25) is 0 Å². The quantitative estimate of drug-likeness (QED) is 0.0646. The highest BCUT2D eigenvalue weighted by Gasteiger charge is 2.66. The molecule has 37 atom stereocenters. The second kappa shape index (κ2) is 26.5. The van der Waals surface area contributed by atoms with Gasteiger partial charge in [0.1, 0.15) is 116 Å². The van der Waals surface area contributed by atoms with Gasteiger partial charge < -0.3 is 139 Å². The van der Waals surface area contributed by atoms with Crippen LogP contribution in [0.5, 0.6) is 0 Å². The molecule has 0 radical (unpaired) electrons. The van der Waals surface area contributed by atoms with E-state index in [2.05, 4.69) is 27.7 Å². The van der Waals surface area contributed by atoms with E-state index in [0.29, 0.717) is 38.7 Å². The third-order valence-corrected chi connectivity index (χ3v) is 21.8. The maximum absolute atomic E-state index is 12.2. The average Bonchev–Trinajstić information content (AvgIpc) is 1.70. The van der Waals surface area contributed by atoms with E-state index in [4.69, 9.17) is 56.8 Å². The molecule has 0 amide bonds. The topological polar surface area (TPSA) is 434 Å². The van der Waals surface area contributed by atoms with Crippen LogP contribution in [-0.4, -0.2) is 292 Å². The number of fused-ring (bicyclic) bond motifs is 5. The molecular weight excluding hydrogens is 1130 g/mol. The van der Waals surface area contributed by atoms with E-state index < -0.39 is 198 Å². The van der Waals surface area contributed by atoms with Crippen LogP contribution in [0, 0.1) is 46.3 Å². The van der Waals surface area contributed by atoms with E-state index in [1.165, 1.54) is 6.92 Å². The van der Waals surface area contributed by atoms with Crippen LogP contribution in [0.3, 0.4) is 0 Å². The first-order valence-corrected chi connectivity index (χ1v) is 30.7. The van der Waals surface area contributed by atoms with Crippen molar-refractivity contribution >= 4 is 0 Å². The molecule has 492 valence electrons. The molecule has 6 aliphatic heterocycles. The van der Waals surface area contributed by atoms with E-state index in [9.17, 15) is 81.7 Å². The molecule has 0 spiro atoms. The number of rotatable bonds is 16. The van der Waals surface area contributed by atoms with Crippen molar-refractivity contribution in [2.75, 3.05) is 33.0 Å². The Morgan fingerprint density at radius 2 is 1.04 bits per heavy atom. The van der Waals surface area contributed by atoms with Gasteiger partial charge in [-0.15, -0.1) is 0 Å². The van der Waals surface area contributed by atoms with Crippen molar-refractivity contribution < 1.29 is 139 Å². The predicted octanol–water partition coefficient (Wildman–Crippen LogP) is -4.70. The maximum atomic E-state index is 12.2. The zero-order chi connectivity index (χ0) is 61.5. The Labute approximate surface area is 493 Å². The number of aliphatic hydroxyl groups is 16. The fourth-order valence-electron chi connectivity index (χ4n) is 16.8. The molecular formula is C57H96O28. The summed E-state index contributed by atoms with van der Waals surface area (Å²) in [5.74, 6) is -0.0667. The molecule has 0 aromatic heterocycles. The molecule has 10 unspecified atom stereocenters. The van der Waals surface area contributed by atoms with Gasteiger partial charge in [0.05, 0.1) is 57.5 Å². The number of ether oxygens (including phenoxy) is 12. The highest BCUT2D eigenvalue weighted by Crippen LogP contribution is 2.68. The van der Waals surface area contributed by atoms with Crippen molar-refractivity contribution in [3.8, 4) is 0 Å². The highest BCUT2D eigenvalue weighted by molar-refractivity contribution is 5.13. The molecule has 0 aromatic rings. The van der Waals surface area contributed by atoms with Crippen molar-refractivity contribution in [3.63, 3.8) is 0 Å². The number of hydrogen-bond donors (Lipinski definition) is 16. The summed E-state index contributed by atoms with van der Waals surface area (Å²) in [6, 6.07) is 0. The van der Waals surface area contributed by atoms with Crippen LogP contribution in [0.2, 0.25) is 0 Å². The minimum absolute atomic E-state index is 0.0422. The molecule has 4 aliphatic carbocycles. The summed E-state index contributed by atoms with van der Waals surface area (Å²) in [6.45, 7) is 9.26. The Hall–Kier alpha value is -1.12. The van der Waals surface area contributed by atoms with Gasteiger partial charge in [-0.05, 0) is 112 Å². The van der Waals surface area contributed by atoms with Gasteiger partial charge in [-0.25, -0.2) is 0 Å². The fraction of sp³-hybridized carbons (Fsp3) is 1.00. The Morgan fingerprint density at radius 3 is 1.71 bits per heavy atom. The van der Waals surface area contributed by atoms with Crippen molar-refractivity contribution in [1.82, 2.24) is 0 Å². The third kappa shape index (κ3) is 12.4. The van der Waals surface area contributed by atoms with Crippen LogP contribution in [0.15, 0.2) is 0 Å². The lowest BCUT2D eigenvalue weighted by Crippen LogP contribution is -2.69. The maximum Gasteiger partial charge on any atom is 0.191 e. The predicted molar refractivity (Wildman–Crippen MR) is 283 cm³/mol. The molecule has 16 N–H and O–H groups in total. The van der Waals surface area contributed by atoms with Crippen molar-refractivity contribution in [1.29, 1.82) is 0 Å². The van der Waals surface area contributed by atoms with E-state index >= 15 is 0 Å². The van der Waals surface area contributed by atoms with Gasteiger partial charge in [0, 0.05) is 0 Å². The van der Waals surface area contributed by atoms with Gasteiger partial charge in [-0.1, -0.05) is 34.1 Å². The van der Waals surface area contributed by atoms with Crippen molar-refractivity contribution in [2.24, 2.45) is 46.3 Å². The molecule has 6 saturated heterocycles. The lowest BCUT2D eigenvalue weighted by Gasteiger charge is -2.62. The van der Waals surface area contributed by atoms with Crippen LogP contribution >= 0.6 is 0 Å². The van der Waals surface area contributed by atoms with Crippen molar-refractivity contribution in [2.45, 2.75) is 277 Å². The molecule has 0 aromatic carbocycles. The van der Waals surface area contributed by atoms with Gasteiger partial charge in [-0.2, -0.15) is 0 Å². The largest absolute Gasteiger partial charge is 0.394 e. The zero-order valence-corrected chi connectivity index (χ0v) is 49.1. The number of hydrogen-bond acceptors (Lipinski definition) is 28. The van der Waals surface area contributed by atoms with E-state index in [1.54, 1.807) is 0 Å². The fourth-order valence-corrected chi connectivity index (χ4v) is 16.8.